The van der Waals surface area contributed by atoms with Gasteiger partial charge in [-0.15, -0.1) is 0 Å². The third-order valence-electron chi connectivity index (χ3n) is 5.65. The first kappa shape index (κ1) is 14.3. The fraction of sp³-hybridized carbons (Fsp3) is 0.938. The van der Waals surface area contributed by atoms with E-state index in [9.17, 15) is 4.79 Å². The van der Waals surface area contributed by atoms with Gasteiger partial charge in [-0.05, 0) is 25.7 Å². The molecule has 2 saturated carbocycles. The Hall–Kier alpha value is -0.610. The van der Waals surface area contributed by atoms with Crippen LogP contribution < -0.4 is 5.73 Å². The molecule has 4 heteroatoms. The Bertz CT molecular complexity index is 350. The van der Waals surface area contributed by atoms with Gasteiger partial charge in [0, 0.05) is 13.1 Å². The Balaban J connectivity index is 1.77. The van der Waals surface area contributed by atoms with Crippen LogP contribution in [-0.4, -0.2) is 42.6 Å². The fourth-order valence-electron chi connectivity index (χ4n) is 4.39. The number of rotatable bonds is 2. The van der Waals surface area contributed by atoms with Crippen molar-refractivity contribution in [3.8, 4) is 0 Å². The highest BCUT2D eigenvalue weighted by Crippen LogP contribution is 2.39. The number of ether oxygens (including phenoxy) is 1. The van der Waals surface area contributed by atoms with Gasteiger partial charge >= 0.3 is 0 Å². The highest BCUT2D eigenvalue weighted by molar-refractivity contribution is 5.83. The standard InChI is InChI=1S/C16H28N2O2/c17-12-16(8-4-1-5-9-16)15(19)18-10-11-20-14-7-3-2-6-13(14)18/h13-14H,1-12,17H2. The summed E-state index contributed by atoms with van der Waals surface area (Å²) in [5, 5.41) is 0. The van der Waals surface area contributed by atoms with Crippen molar-refractivity contribution in [2.75, 3.05) is 19.7 Å². The van der Waals surface area contributed by atoms with Gasteiger partial charge in [0.15, 0.2) is 0 Å². The van der Waals surface area contributed by atoms with Crippen LogP contribution >= 0.6 is 0 Å². The lowest BCUT2D eigenvalue weighted by molar-refractivity contribution is -0.161. The largest absolute Gasteiger partial charge is 0.374 e. The lowest BCUT2D eigenvalue weighted by Gasteiger charge is -2.48. The zero-order valence-corrected chi connectivity index (χ0v) is 12.5. The van der Waals surface area contributed by atoms with Crippen LogP contribution in [0.5, 0.6) is 0 Å². The van der Waals surface area contributed by atoms with Gasteiger partial charge in [0.05, 0.1) is 24.2 Å². The van der Waals surface area contributed by atoms with Crippen molar-refractivity contribution in [1.29, 1.82) is 0 Å². The fourth-order valence-corrected chi connectivity index (χ4v) is 4.39. The topological polar surface area (TPSA) is 55.6 Å². The Morgan fingerprint density at radius 2 is 1.90 bits per heavy atom. The summed E-state index contributed by atoms with van der Waals surface area (Å²) in [5.74, 6) is 0.333. The molecule has 1 saturated heterocycles. The molecule has 2 aliphatic carbocycles. The molecule has 20 heavy (non-hydrogen) atoms. The first-order valence-corrected chi connectivity index (χ1v) is 8.40. The number of morpholine rings is 1. The van der Waals surface area contributed by atoms with E-state index in [1.54, 1.807) is 0 Å². The monoisotopic (exact) mass is 280 g/mol. The Kier molecular flexibility index (Phi) is 4.32. The minimum absolute atomic E-state index is 0.266. The van der Waals surface area contributed by atoms with E-state index in [1.807, 2.05) is 0 Å². The van der Waals surface area contributed by atoms with Crippen molar-refractivity contribution in [3.05, 3.63) is 0 Å². The molecule has 0 aromatic carbocycles. The van der Waals surface area contributed by atoms with Crippen molar-refractivity contribution in [2.24, 2.45) is 11.1 Å². The average molecular weight is 280 g/mol. The van der Waals surface area contributed by atoms with Gasteiger partial charge in [0.1, 0.15) is 0 Å². The molecule has 4 nitrogen and oxygen atoms in total. The van der Waals surface area contributed by atoms with E-state index in [-0.39, 0.29) is 11.5 Å². The lowest BCUT2D eigenvalue weighted by atomic mass is 9.72. The molecular formula is C16H28N2O2. The molecule has 3 aliphatic rings. The Morgan fingerprint density at radius 3 is 2.65 bits per heavy atom. The van der Waals surface area contributed by atoms with Crippen LogP contribution in [0.2, 0.25) is 0 Å². The molecule has 3 rings (SSSR count). The second-order valence-electron chi connectivity index (χ2n) is 6.80. The van der Waals surface area contributed by atoms with E-state index < -0.39 is 0 Å². The van der Waals surface area contributed by atoms with E-state index in [0.717, 1.165) is 45.1 Å². The summed E-state index contributed by atoms with van der Waals surface area (Å²) in [7, 11) is 0. The molecule has 2 N–H and O–H groups in total. The molecule has 1 heterocycles. The molecule has 0 spiro atoms. The van der Waals surface area contributed by atoms with E-state index in [0.29, 0.717) is 25.1 Å². The smallest absolute Gasteiger partial charge is 0.230 e. The number of nitrogens with two attached hydrogens (primary N) is 1. The Morgan fingerprint density at radius 1 is 1.15 bits per heavy atom. The third-order valence-corrected chi connectivity index (χ3v) is 5.65. The summed E-state index contributed by atoms with van der Waals surface area (Å²) in [4.78, 5) is 15.3. The lowest BCUT2D eigenvalue weighted by Crippen LogP contribution is -2.60. The van der Waals surface area contributed by atoms with Crippen LogP contribution in [0, 0.1) is 5.41 Å². The van der Waals surface area contributed by atoms with Crippen molar-refractivity contribution < 1.29 is 9.53 Å². The maximum atomic E-state index is 13.2. The van der Waals surface area contributed by atoms with E-state index in [1.165, 1.54) is 19.3 Å². The van der Waals surface area contributed by atoms with Gasteiger partial charge in [-0.25, -0.2) is 0 Å². The number of nitrogens with zero attached hydrogens (tertiary/aromatic N) is 1. The van der Waals surface area contributed by atoms with Gasteiger partial charge in [0.25, 0.3) is 0 Å². The van der Waals surface area contributed by atoms with Crippen molar-refractivity contribution in [1.82, 2.24) is 4.90 Å². The molecule has 1 aliphatic heterocycles. The number of hydrogen-bond donors (Lipinski definition) is 1. The predicted molar refractivity (Wildman–Crippen MR) is 78.3 cm³/mol. The third kappa shape index (κ3) is 2.48. The van der Waals surface area contributed by atoms with Gasteiger partial charge < -0.3 is 15.4 Å². The zero-order chi connectivity index (χ0) is 14.0. The second kappa shape index (κ2) is 6.02. The number of carbonyl (C=O) groups is 1. The molecule has 0 bridgehead atoms. The summed E-state index contributed by atoms with van der Waals surface area (Å²) < 4.78 is 5.89. The average Bonchev–Trinajstić information content (AvgIpc) is 2.54. The van der Waals surface area contributed by atoms with Crippen molar-refractivity contribution in [3.63, 3.8) is 0 Å². The van der Waals surface area contributed by atoms with Crippen LogP contribution in [0.15, 0.2) is 0 Å². The first-order chi connectivity index (χ1) is 9.77. The Labute approximate surface area is 122 Å². The van der Waals surface area contributed by atoms with Crippen LogP contribution in [0.3, 0.4) is 0 Å². The molecule has 1 amide bonds. The molecular weight excluding hydrogens is 252 g/mol. The summed E-state index contributed by atoms with van der Waals surface area (Å²) in [6, 6.07) is 0.315. The maximum absolute atomic E-state index is 13.2. The van der Waals surface area contributed by atoms with Crippen molar-refractivity contribution >= 4 is 5.91 Å². The molecule has 0 radical (unpaired) electrons. The number of carbonyl (C=O) groups excluding carboxylic acids is 1. The highest BCUT2D eigenvalue weighted by Gasteiger charge is 2.45. The van der Waals surface area contributed by atoms with Gasteiger partial charge in [-0.1, -0.05) is 32.1 Å². The summed E-state index contributed by atoms with van der Waals surface area (Å²) in [6.07, 6.45) is 10.5. The van der Waals surface area contributed by atoms with Gasteiger partial charge in [-0.3, -0.25) is 4.79 Å². The van der Waals surface area contributed by atoms with Crippen LogP contribution in [0.25, 0.3) is 0 Å². The SMILES string of the molecule is NCC1(C(=O)N2CCOC3CCCCC32)CCCCC1. The number of fused-ring (bicyclic) bond motifs is 1. The predicted octanol–water partition coefficient (Wildman–Crippen LogP) is 2.07. The molecule has 114 valence electrons. The molecule has 2 atom stereocenters. The van der Waals surface area contributed by atoms with Gasteiger partial charge in [-0.2, -0.15) is 0 Å². The van der Waals surface area contributed by atoms with Crippen LogP contribution in [0.1, 0.15) is 57.8 Å². The quantitative estimate of drug-likeness (QED) is 0.842. The minimum Gasteiger partial charge on any atom is -0.374 e. The van der Waals surface area contributed by atoms with E-state index >= 15 is 0 Å². The second-order valence-corrected chi connectivity index (χ2v) is 6.80. The van der Waals surface area contributed by atoms with Gasteiger partial charge in [0.2, 0.25) is 5.91 Å². The number of amides is 1. The van der Waals surface area contributed by atoms with Crippen molar-refractivity contribution in [2.45, 2.75) is 69.9 Å². The number of hydrogen-bond acceptors (Lipinski definition) is 3. The summed E-state index contributed by atoms with van der Waals surface area (Å²) >= 11 is 0. The zero-order valence-electron chi connectivity index (χ0n) is 12.5. The van der Waals surface area contributed by atoms with Crippen LogP contribution in [0.4, 0.5) is 0 Å². The molecule has 3 fully saturated rings. The minimum atomic E-state index is -0.266. The van der Waals surface area contributed by atoms with E-state index in [2.05, 4.69) is 4.90 Å². The highest BCUT2D eigenvalue weighted by atomic mass is 16.5. The molecule has 0 aromatic rings. The molecule has 0 aromatic heterocycles. The maximum Gasteiger partial charge on any atom is 0.230 e. The normalized spacial score (nSPS) is 33.5. The molecule has 2 unspecified atom stereocenters. The summed E-state index contributed by atoms with van der Waals surface area (Å²) in [6.45, 7) is 1.98. The van der Waals surface area contributed by atoms with E-state index in [4.69, 9.17) is 10.5 Å². The summed E-state index contributed by atoms with van der Waals surface area (Å²) in [5.41, 5.74) is 5.77. The van der Waals surface area contributed by atoms with Crippen LogP contribution in [-0.2, 0) is 9.53 Å². The first-order valence-electron chi connectivity index (χ1n) is 8.40.